The lowest BCUT2D eigenvalue weighted by atomic mass is 10.0. The summed E-state index contributed by atoms with van der Waals surface area (Å²) in [4.78, 5) is 3.90. The number of benzene rings is 1. The molecule has 110 valence electrons. The lowest BCUT2D eigenvalue weighted by Crippen LogP contribution is -2.03. The molecular weight excluding hydrogens is 264 g/mol. The zero-order valence-corrected chi connectivity index (χ0v) is 12.2. The van der Waals surface area contributed by atoms with Gasteiger partial charge in [0, 0.05) is 24.9 Å². The van der Waals surface area contributed by atoms with Crippen LogP contribution < -0.4 is 9.47 Å². The van der Waals surface area contributed by atoms with Gasteiger partial charge in [0.05, 0.1) is 14.2 Å². The number of hydrogen-bond donors (Lipinski definition) is 0. The molecule has 0 aliphatic rings. The maximum Gasteiger partial charge on any atom is 0.171 e. The van der Waals surface area contributed by atoms with Gasteiger partial charge in [-0.25, -0.2) is 8.78 Å². The minimum atomic E-state index is -0.685. The van der Waals surface area contributed by atoms with Crippen molar-refractivity contribution in [3.8, 4) is 11.5 Å². The van der Waals surface area contributed by atoms with Crippen LogP contribution in [0.15, 0.2) is 22.7 Å². The van der Waals surface area contributed by atoms with Gasteiger partial charge in [0.2, 0.25) is 0 Å². The summed E-state index contributed by atoms with van der Waals surface area (Å²) in [5, 5.41) is 0. The molecule has 0 saturated carbocycles. The third kappa shape index (κ3) is 3.56. The minimum absolute atomic E-state index is 0.0237. The summed E-state index contributed by atoms with van der Waals surface area (Å²) in [5.41, 5.74) is 0.873. The maximum absolute atomic E-state index is 14.1. The van der Waals surface area contributed by atoms with Gasteiger partial charge in [-0.2, -0.15) is 0 Å². The molecule has 1 rings (SSSR count). The van der Waals surface area contributed by atoms with E-state index in [1.165, 1.54) is 20.3 Å². The number of halogens is 2. The van der Waals surface area contributed by atoms with Crippen molar-refractivity contribution < 1.29 is 18.3 Å². The topological polar surface area (TPSA) is 30.8 Å². The van der Waals surface area contributed by atoms with Crippen molar-refractivity contribution in [2.45, 2.75) is 19.8 Å². The van der Waals surface area contributed by atoms with E-state index in [-0.39, 0.29) is 23.5 Å². The Labute approximate surface area is 117 Å². The van der Waals surface area contributed by atoms with E-state index in [0.717, 1.165) is 5.57 Å². The van der Waals surface area contributed by atoms with E-state index in [9.17, 15) is 8.78 Å². The molecule has 0 saturated heterocycles. The molecule has 5 heteroatoms. The summed E-state index contributed by atoms with van der Waals surface area (Å²) >= 11 is 0. The van der Waals surface area contributed by atoms with Gasteiger partial charge >= 0.3 is 0 Å². The molecule has 1 aromatic rings. The Morgan fingerprint density at radius 3 is 2.15 bits per heavy atom. The van der Waals surface area contributed by atoms with E-state index < -0.39 is 11.6 Å². The van der Waals surface area contributed by atoms with E-state index in [1.54, 1.807) is 13.3 Å². The monoisotopic (exact) mass is 283 g/mol. The van der Waals surface area contributed by atoms with Crippen molar-refractivity contribution in [2.75, 3.05) is 21.3 Å². The van der Waals surface area contributed by atoms with Gasteiger partial charge < -0.3 is 9.47 Å². The van der Waals surface area contributed by atoms with Crippen molar-refractivity contribution >= 4 is 6.21 Å². The highest BCUT2D eigenvalue weighted by molar-refractivity contribution is 5.78. The number of allylic oxidation sites excluding steroid dienone is 2. The molecule has 0 heterocycles. The molecule has 0 bridgehead atoms. The molecule has 0 amide bonds. The predicted octanol–water partition coefficient (Wildman–Crippen LogP) is 3.56. The van der Waals surface area contributed by atoms with Crippen LogP contribution >= 0.6 is 0 Å². The highest BCUT2D eigenvalue weighted by Crippen LogP contribution is 2.32. The second kappa shape index (κ2) is 7.62. The Balaban J connectivity index is 3.10. The first-order chi connectivity index (χ1) is 9.58. The maximum atomic E-state index is 14.1. The molecule has 0 aliphatic heterocycles. The third-order valence-corrected chi connectivity index (χ3v) is 2.99. The van der Waals surface area contributed by atoms with Crippen LogP contribution in [-0.2, 0) is 6.42 Å². The fourth-order valence-electron chi connectivity index (χ4n) is 1.87. The van der Waals surface area contributed by atoms with Crippen LogP contribution in [-0.4, -0.2) is 27.5 Å². The zero-order chi connectivity index (χ0) is 15.1. The van der Waals surface area contributed by atoms with Crippen molar-refractivity contribution in [3.63, 3.8) is 0 Å². The Morgan fingerprint density at radius 1 is 1.20 bits per heavy atom. The smallest absolute Gasteiger partial charge is 0.171 e. The van der Waals surface area contributed by atoms with Gasteiger partial charge in [-0.1, -0.05) is 6.08 Å². The summed E-state index contributed by atoms with van der Waals surface area (Å²) in [6.07, 6.45) is 4.22. The first-order valence-corrected chi connectivity index (χ1v) is 6.25. The molecular formula is C15H19F2NO2. The molecule has 3 nitrogen and oxygen atoms in total. The number of hydrogen-bond acceptors (Lipinski definition) is 3. The van der Waals surface area contributed by atoms with Crippen molar-refractivity contribution in [3.05, 3.63) is 34.9 Å². The highest BCUT2D eigenvalue weighted by Gasteiger charge is 2.19. The molecule has 1 aromatic carbocycles. The molecule has 0 unspecified atom stereocenters. The number of aliphatic imine (C=N–C) groups is 1. The van der Waals surface area contributed by atoms with Crippen molar-refractivity contribution in [2.24, 2.45) is 4.99 Å². The van der Waals surface area contributed by atoms with Gasteiger partial charge in [-0.3, -0.25) is 4.99 Å². The average Bonchev–Trinajstić information content (AvgIpc) is 2.46. The third-order valence-electron chi connectivity index (χ3n) is 2.99. The van der Waals surface area contributed by atoms with Gasteiger partial charge in [-0.15, -0.1) is 0 Å². The van der Waals surface area contributed by atoms with E-state index in [2.05, 4.69) is 4.99 Å². The van der Waals surface area contributed by atoms with Crippen LogP contribution in [0.5, 0.6) is 11.5 Å². The van der Waals surface area contributed by atoms with Gasteiger partial charge in [-0.05, 0) is 25.3 Å². The molecule has 0 aromatic heterocycles. The summed E-state index contributed by atoms with van der Waals surface area (Å²) < 4.78 is 38.0. The molecule has 0 atom stereocenters. The van der Waals surface area contributed by atoms with E-state index >= 15 is 0 Å². The lowest BCUT2D eigenvalue weighted by Gasteiger charge is -2.12. The second-order valence-corrected chi connectivity index (χ2v) is 4.14. The summed E-state index contributed by atoms with van der Waals surface area (Å²) in [6.45, 7) is 1.86. The SMILES string of the molecule is C/C=C(\C=NC)CCc1c(F)c(OC)cc(OC)c1F. The van der Waals surface area contributed by atoms with Gasteiger partial charge in [0.15, 0.2) is 23.1 Å². The minimum Gasteiger partial charge on any atom is -0.494 e. The summed E-state index contributed by atoms with van der Waals surface area (Å²) in [7, 11) is 4.32. The molecule has 0 fully saturated rings. The molecule has 0 spiro atoms. The number of ether oxygens (including phenoxy) is 2. The Hall–Kier alpha value is -1.91. The zero-order valence-electron chi connectivity index (χ0n) is 12.2. The van der Waals surface area contributed by atoms with Crippen LogP contribution in [0.3, 0.4) is 0 Å². The standard InChI is InChI=1S/C15H19F2NO2/c1-5-10(9-18-2)6-7-11-14(16)12(19-3)8-13(20-4)15(11)17/h5,8-9H,6-7H2,1-4H3/b10-5-,18-9?. The number of nitrogens with zero attached hydrogens (tertiary/aromatic N) is 1. The first-order valence-electron chi connectivity index (χ1n) is 6.25. The molecule has 20 heavy (non-hydrogen) atoms. The summed E-state index contributed by atoms with van der Waals surface area (Å²) in [5.74, 6) is -1.42. The fraction of sp³-hybridized carbons (Fsp3) is 0.400. The van der Waals surface area contributed by atoms with Crippen LogP contribution in [0.2, 0.25) is 0 Å². The highest BCUT2D eigenvalue weighted by atomic mass is 19.1. The number of rotatable bonds is 6. The predicted molar refractivity (Wildman–Crippen MR) is 76.0 cm³/mol. The lowest BCUT2D eigenvalue weighted by molar-refractivity contribution is 0.353. The van der Waals surface area contributed by atoms with Gasteiger partial charge in [0.1, 0.15) is 0 Å². The van der Waals surface area contributed by atoms with Crippen LogP contribution in [0.4, 0.5) is 8.78 Å². The van der Waals surface area contributed by atoms with Crippen LogP contribution in [0.1, 0.15) is 18.9 Å². The number of methoxy groups -OCH3 is 2. The fourth-order valence-corrected chi connectivity index (χ4v) is 1.87. The van der Waals surface area contributed by atoms with Crippen molar-refractivity contribution in [1.29, 1.82) is 0 Å². The van der Waals surface area contributed by atoms with Crippen LogP contribution in [0, 0.1) is 11.6 Å². The Morgan fingerprint density at radius 2 is 1.75 bits per heavy atom. The molecule has 0 aliphatic carbocycles. The van der Waals surface area contributed by atoms with E-state index in [0.29, 0.717) is 6.42 Å². The largest absolute Gasteiger partial charge is 0.494 e. The quantitative estimate of drug-likeness (QED) is 0.747. The Bertz CT molecular complexity index is 497. The molecule has 0 radical (unpaired) electrons. The van der Waals surface area contributed by atoms with E-state index in [4.69, 9.17) is 9.47 Å². The van der Waals surface area contributed by atoms with E-state index in [1.807, 2.05) is 13.0 Å². The Kier molecular flexibility index (Phi) is 6.15. The molecule has 0 N–H and O–H groups in total. The normalized spacial score (nSPS) is 12.0. The van der Waals surface area contributed by atoms with Crippen LogP contribution in [0.25, 0.3) is 0 Å². The second-order valence-electron chi connectivity index (χ2n) is 4.14. The van der Waals surface area contributed by atoms with Crippen molar-refractivity contribution in [1.82, 2.24) is 0 Å². The van der Waals surface area contributed by atoms with Gasteiger partial charge in [0.25, 0.3) is 0 Å². The average molecular weight is 283 g/mol. The first kappa shape index (κ1) is 16.1. The summed E-state index contributed by atoms with van der Waals surface area (Å²) in [6, 6.07) is 1.21.